The second-order valence-electron chi connectivity index (χ2n) is 3.53. The minimum atomic E-state index is -4.93. The van der Waals surface area contributed by atoms with Crippen LogP contribution in [0.15, 0.2) is 24.3 Å². The van der Waals surface area contributed by atoms with Gasteiger partial charge in [-0.05, 0) is 19.1 Å². The molecule has 0 fully saturated rings. The number of hydrogen-bond acceptors (Lipinski definition) is 2. The van der Waals surface area contributed by atoms with E-state index in [1.54, 1.807) is 6.92 Å². The van der Waals surface area contributed by atoms with Crippen molar-refractivity contribution in [3.05, 3.63) is 24.3 Å². The molecule has 0 radical (unpaired) electrons. The molecule has 16 heavy (non-hydrogen) atoms. The number of benzene rings is 1. The average molecular weight is 233 g/mol. The van der Waals surface area contributed by atoms with Crippen molar-refractivity contribution in [1.82, 2.24) is 0 Å². The molecule has 0 saturated heterocycles. The molecule has 0 saturated carbocycles. The smallest absolute Gasteiger partial charge is 0.488 e. The van der Waals surface area contributed by atoms with E-state index in [0.717, 1.165) is 12.1 Å². The highest BCUT2D eigenvalue weighted by atomic mass is 19.4. The Morgan fingerprint density at radius 3 is 2.19 bits per heavy atom. The molecule has 0 aliphatic rings. The van der Waals surface area contributed by atoms with Crippen molar-refractivity contribution < 1.29 is 22.4 Å². The zero-order valence-electron chi connectivity index (χ0n) is 9.12. The first-order chi connectivity index (χ1) is 7.43. The summed E-state index contributed by atoms with van der Waals surface area (Å²) in [4.78, 5) is 0. The fraction of sp³-hybridized carbons (Fsp3) is 0.400. The van der Waals surface area contributed by atoms with Gasteiger partial charge < -0.3 is 22.4 Å². The maximum Gasteiger partial charge on any atom is 0.509 e. The van der Waals surface area contributed by atoms with Gasteiger partial charge in [0.05, 0.1) is 6.61 Å². The van der Waals surface area contributed by atoms with E-state index in [2.05, 4.69) is 0 Å². The van der Waals surface area contributed by atoms with Crippen molar-refractivity contribution in [2.45, 2.75) is 13.0 Å². The van der Waals surface area contributed by atoms with Crippen LogP contribution in [0.5, 0.6) is 5.75 Å². The minimum absolute atomic E-state index is 0.188. The van der Waals surface area contributed by atoms with Gasteiger partial charge in [-0.15, -0.1) is 5.46 Å². The van der Waals surface area contributed by atoms with E-state index in [9.17, 15) is 12.9 Å². The highest BCUT2D eigenvalue weighted by Crippen LogP contribution is 2.14. The van der Waals surface area contributed by atoms with Crippen LogP contribution in [-0.2, 0) is 4.74 Å². The highest BCUT2D eigenvalue weighted by Gasteiger charge is 2.25. The number of rotatable bonds is 5. The van der Waals surface area contributed by atoms with E-state index < -0.39 is 12.4 Å². The second kappa shape index (κ2) is 5.25. The van der Waals surface area contributed by atoms with Crippen LogP contribution in [0.2, 0.25) is 0 Å². The van der Waals surface area contributed by atoms with Crippen molar-refractivity contribution in [3.8, 4) is 5.75 Å². The molecule has 1 atom stereocenters. The standard InChI is InChI=1S/C10H13BF3O2/c1-8(7-15-2)16-10-5-3-9(4-6-10)11(12,13)14/h3-6,8H,7H2,1-2H3/q-1. The number of methoxy groups -OCH3 is 1. The summed E-state index contributed by atoms with van der Waals surface area (Å²) in [5.74, 6) is 0.411. The molecule has 0 aliphatic carbocycles. The van der Waals surface area contributed by atoms with Gasteiger partial charge >= 0.3 is 6.98 Å². The van der Waals surface area contributed by atoms with Crippen molar-refractivity contribution >= 4 is 12.4 Å². The SMILES string of the molecule is COCC(C)Oc1ccc([B-](F)(F)F)cc1. The number of halogens is 3. The Bertz CT molecular complexity index is 324. The summed E-state index contributed by atoms with van der Waals surface area (Å²) in [5, 5.41) is 0. The van der Waals surface area contributed by atoms with Crippen LogP contribution in [0.3, 0.4) is 0 Å². The van der Waals surface area contributed by atoms with Gasteiger partial charge in [0.25, 0.3) is 0 Å². The second-order valence-corrected chi connectivity index (χ2v) is 3.53. The fourth-order valence-corrected chi connectivity index (χ4v) is 1.27. The van der Waals surface area contributed by atoms with E-state index in [-0.39, 0.29) is 6.10 Å². The van der Waals surface area contributed by atoms with Crippen LogP contribution < -0.4 is 10.2 Å². The molecule has 0 N–H and O–H groups in total. The summed E-state index contributed by atoms with van der Waals surface area (Å²) < 4.78 is 47.1. The predicted octanol–water partition coefficient (Wildman–Crippen LogP) is 2.15. The monoisotopic (exact) mass is 233 g/mol. The van der Waals surface area contributed by atoms with E-state index in [0.29, 0.717) is 12.4 Å². The van der Waals surface area contributed by atoms with E-state index in [1.807, 2.05) is 0 Å². The molecule has 0 aromatic heterocycles. The van der Waals surface area contributed by atoms with E-state index in [4.69, 9.17) is 9.47 Å². The summed E-state index contributed by atoms with van der Waals surface area (Å²) in [6.45, 7) is -2.75. The van der Waals surface area contributed by atoms with Gasteiger partial charge in [-0.1, -0.05) is 12.1 Å². The van der Waals surface area contributed by atoms with E-state index >= 15 is 0 Å². The van der Waals surface area contributed by atoms with Gasteiger partial charge in [0.15, 0.2) is 0 Å². The largest absolute Gasteiger partial charge is 0.509 e. The molecule has 6 heteroatoms. The highest BCUT2D eigenvalue weighted by molar-refractivity contribution is 6.73. The van der Waals surface area contributed by atoms with Gasteiger partial charge in [0, 0.05) is 7.11 Å². The summed E-state index contributed by atoms with van der Waals surface area (Å²) in [7, 11) is 1.54. The Balaban J connectivity index is 2.65. The molecule has 1 unspecified atom stereocenters. The lowest BCUT2D eigenvalue weighted by Crippen LogP contribution is -2.33. The fourth-order valence-electron chi connectivity index (χ4n) is 1.27. The Morgan fingerprint density at radius 1 is 1.19 bits per heavy atom. The van der Waals surface area contributed by atoms with Crippen LogP contribution in [0, 0.1) is 0 Å². The summed E-state index contributed by atoms with van der Waals surface area (Å²) in [6.07, 6.45) is -0.188. The van der Waals surface area contributed by atoms with Crippen LogP contribution in [0.1, 0.15) is 6.92 Å². The van der Waals surface area contributed by atoms with Crippen molar-refractivity contribution in [3.63, 3.8) is 0 Å². The molecule has 0 aliphatic heterocycles. The van der Waals surface area contributed by atoms with Crippen LogP contribution in [-0.4, -0.2) is 26.8 Å². The van der Waals surface area contributed by atoms with Crippen LogP contribution in [0.4, 0.5) is 12.9 Å². The maximum atomic E-state index is 12.3. The third kappa shape index (κ3) is 3.77. The Kier molecular flexibility index (Phi) is 4.23. The molecule has 0 amide bonds. The van der Waals surface area contributed by atoms with Crippen molar-refractivity contribution in [2.75, 3.05) is 13.7 Å². The molecule has 2 nitrogen and oxygen atoms in total. The van der Waals surface area contributed by atoms with Gasteiger partial charge in [-0.3, -0.25) is 0 Å². The van der Waals surface area contributed by atoms with Gasteiger partial charge in [-0.2, -0.15) is 0 Å². The lowest BCUT2D eigenvalue weighted by Gasteiger charge is -2.17. The predicted molar refractivity (Wildman–Crippen MR) is 57.1 cm³/mol. The Labute approximate surface area is 92.4 Å². The summed E-state index contributed by atoms with van der Waals surface area (Å²) >= 11 is 0. The zero-order chi connectivity index (χ0) is 12.2. The van der Waals surface area contributed by atoms with Crippen molar-refractivity contribution in [1.29, 1.82) is 0 Å². The number of hydrogen-bond donors (Lipinski definition) is 0. The average Bonchev–Trinajstić information content (AvgIpc) is 2.17. The molecule has 90 valence electrons. The molecule has 1 aromatic rings. The molecule has 1 rings (SSSR count). The normalized spacial score (nSPS) is 13.6. The third-order valence-electron chi connectivity index (χ3n) is 2.00. The van der Waals surface area contributed by atoms with Gasteiger partial charge in [0.1, 0.15) is 11.9 Å². The first kappa shape index (κ1) is 12.9. The Hall–Kier alpha value is -1.17. The van der Waals surface area contributed by atoms with Crippen LogP contribution >= 0.6 is 0 Å². The zero-order valence-corrected chi connectivity index (χ0v) is 9.12. The van der Waals surface area contributed by atoms with Gasteiger partial charge in [-0.25, -0.2) is 0 Å². The van der Waals surface area contributed by atoms with Gasteiger partial charge in [0.2, 0.25) is 0 Å². The van der Waals surface area contributed by atoms with Crippen molar-refractivity contribution in [2.24, 2.45) is 0 Å². The topological polar surface area (TPSA) is 18.5 Å². The molecular weight excluding hydrogens is 220 g/mol. The number of ether oxygens (including phenoxy) is 2. The first-order valence-corrected chi connectivity index (χ1v) is 4.89. The quantitative estimate of drug-likeness (QED) is 0.725. The molecule has 0 bridgehead atoms. The molecule has 0 spiro atoms. The first-order valence-electron chi connectivity index (χ1n) is 4.89. The maximum absolute atomic E-state index is 12.3. The van der Waals surface area contributed by atoms with E-state index in [1.165, 1.54) is 19.2 Å². The molecule has 1 aromatic carbocycles. The minimum Gasteiger partial charge on any atom is -0.488 e. The summed E-state index contributed by atoms with van der Waals surface area (Å²) in [5.41, 5.74) is -0.619. The molecule has 0 heterocycles. The lowest BCUT2D eigenvalue weighted by atomic mass is 9.80. The Morgan fingerprint density at radius 2 is 1.75 bits per heavy atom. The lowest BCUT2D eigenvalue weighted by molar-refractivity contribution is 0.0921. The third-order valence-corrected chi connectivity index (χ3v) is 2.00. The van der Waals surface area contributed by atoms with Crippen LogP contribution in [0.25, 0.3) is 0 Å². The summed E-state index contributed by atoms with van der Waals surface area (Å²) in [6, 6.07) is 4.68. The molecular formula is C10H13BF3O2-.